The number of guanidine groups is 1. The summed E-state index contributed by atoms with van der Waals surface area (Å²) < 4.78 is 2.08. The maximum Gasteiger partial charge on any atom is 0.191 e. The zero-order valence-corrected chi connectivity index (χ0v) is 13.5. The van der Waals surface area contributed by atoms with Crippen LogP contribution in [0.2, 0.25) is 0 Å². The molecule has 0 aliphatic rings. The number of hydrogen-bond donors (Lipinski definition) is 2. The number of imidazole rings is 1. The highest BCUT2D eigenvalue weighted by Gasteiger charge is 2.01. The van der Waals surface area contributed by atoms with Gasteiger partial charge in [-0.25, -0.2) is 4.98 Å². The number of aromatic nitrogens is 2. The average molecular weight is 305 g/mol. The smallest absolute Gasteiger partial charge is 0.191 e. The van der Waals surface area contributed by atoms with E-state index in [4.69, 9.17) is 0 Å². The number of aliphatic imine (C=N–C) groups is 1. The summed E-state index contributed by atoms with van der Waals surface area (Å²) in [4.78, 5) is 11.0. The minimum Gasteiger partial charge on any atom is -0.356 e. The van der Waals surface area contributed by atoms with Gasteiger partial charge in [0.05, 0.1) is 12.9 Å². The molecule has 2 rings (SSSR count). The number of thiophene rings is 1. The largest absolute Gasteiger partial charge is 0.356 e. The lowest BCUT2D eigenvalue weighted by Gasteiger charge is -2.11. The van der Waals surface area contributed by atoms with Crippen LogP contribution in [-0.2, 0) is 19.5 Å². The van der Waals surface area contributed by atoms with Crippen LogP contribution < -0.4 is 10.6 Å². The standard InChI is InChI=1S/C15H23N5S/c1-3-13-5-6-14(21-13)11-19-15(16-2)18-7-4-9-20-10-8-17-12-20/h5-6,8,10,12H,3-4,7,9,11H2,1-2H3,(H2,16,18,19). The first kappa shape index (κ1) is 15.6. The van der Waals surface area contributed by atoms with Crippen LogP contribution in [-0.4, -0.2) is 29.1 Å². The van der Waals surface area contributed by atoms with Crippen LogP contribution in [0.1, 0.15) is 23.1 Å². The van der Waals surface area contributed by atoms with Crippen molar-refractivity contribution >= 4 is 17.3 Å². The molecule has 2 aromatic rings. The molecule has 21 heavy (non-hydrogen) atoms. The summed E-state index contributed by atoms with van der Waals surface area (Å²) in [6, 6.07) is 4.38. The van der Waals surface area contributed by atoms with Crippen molar-refractivity contribution in [1.29, 1.82) is 0 Å². The van der Waals surface area contributed by atoms with Gasteiger partial charge in [-0.15, -0.1) is 11.3 Å². The molecule has 0 atom stereocenters. The average Bonchev–Trinajstić information content (AvgIpc) is 3.17. The van der Waals surface area contributed by atoms with Gasteiger partial charge >= 0.3 is 0 Å². The Labute approximate surface area is 130 Å². The van der Waals surface area contributed by atoms with Crippen LogP contribution in [0.5, 0.6) is 0 Å². The minimum absolute atomic E-state index is 0.825. The molecule has 0 fully saturated rings. The van der Waals surface area contributed by atoms with E-state index in [-0.39, 0.29) is 0 Å². The fourth-order valence-electron chi connectivity index (χ4n) is 1.99. The predicted molar refractivity (Wildman–Crippen MR) is 88.7 cm³/mol. The van der Waals surface area contributed by atoms with Crippen molar-refractivity contribution in [3.05, 3.63) is 40.6 Å². The third kappa shape index (κ3) is 5.23. The van der Waals surface area contributed by atoms with Gasteiger partial charge in [0.2, 0.25) is 0 Å². The van der Waals surface area contributed by atoms with Gasteiger partial charge in [-0.2, -0.15) is 0 Å². The number of nitrogens with zero attached hydrogens (tertiary/aromatic N) is 3. The molecular weight excluding hydrogens is 282 g/mol. The second-order valence-electron chi connectivity index (χ2n) is 4.73. The zero-order valence-electron chi connectivity index (χ0n) is 12.7. The quantitative estimate of drug-likeness (QED) is 0.469. The Kier molecular flexibility index (Phi) is 6.27. The third-order valence-corrected chi connectivity index (χ3v) is 4.39. The van der Waals surface area contributed by atoms with Crippen LogP contribution in [0, 0.1) is 0 Å². The Morgan fingerprint density at radius 1 is 1.33 bits per heavy atom. The topological polar surface area (TPSA) is 54.2 Å². The fraction of sp³-hybridized carbons (Fsp3) is 0.467. The van der Waals surface area contributed by atoms with Crippen molar-refractivity contribution in [2.24, 2.45) is 4.99 Å². The predicted octanol–water partition coefficient (Wildman–Crippen LogP) is 2.26. The van der Waals surface area contributed by atoms with Gasteiger partial charge in [0.15, 0.2) is 5.96 Å². The lowest BCUT2D eigenvalue weighted by molar-refractivity contribution is 0.625. The summed E-state index contributed by atoms with van der Waals surface area (Å²) in [5, 5.41) is 6.68. The Morgan fingerprint density at radius 2 is 2.19 bits per heavy atom. The molecule has 0 bridgehead atoms. The molecule has 2 heterocycles. The van der Waals surface area contributed by atoms with E-state index in [0.717, 1.165) is 38.4 Å². The van der Waals surface area contributed by atoms with Crippen molar-refractivity contribution in [3.63, 3.8) is 0 Å². The van der Waals surface area contributed by atoms with Gasteiger partial charge < -0.3 is 15.2 Å². The molecule has 6 heteroatoms. The normalized spacial score (nSPS) is 11.6. The molecule has 0 aromatic carbocycles. The SMILES string of the molecule is CCc1ccc(CNC(=NC)NCCCn2ccnc2)s1. The second kappa shape index (κ2) is 8.46. The van der Waals surface area contributed by atoms with Crippen molar-refractivity contribution in [1.82, 2.24) is 20.2 Å². The molecule has 0 unspecified atom stereocenters. The van der Waals surface area contributed by atoms with Gasteiger partial charge in [0.25, 0.3) is 0 Å². The molecule has 0 aliphatic carbocycles. The molecule has 0 saturated heterocycles. The van der Waals surface area contributed by atoms with E-state index in [1.165, 1.54) is 9.75 Å². The second-order valence-corrected chi connectivity index (χ2v) is 5.98. The highest BCUT2D eigenvalue weighted by molar-refractivity contribution is 7.11. The maximum absolute atomic E-state index is 4.24. The number of nitrogens with one attached hydrogen (secondary N) is 2. The lowest BCUT2D eigenvalue weighted by Crippen LogP contribution is -2.37. The molecule has 0 spiro atoms. The van der Waals surface area contributed by atoms with Gasteiger partial charge in [-0.05, 0) is 25.0 Å². The number of rotatable bonds is 7. The van der Waals surface area contributed by atoms with Crippen LogP contribution >= 0.6 is 11.3 Å². The van der Waals surface area contributed by atoms with Crippen molar-refractivity contribution in [2.75, 3.05) is 13.6 Å². The molecule has 2 N–H and O–H groups in total. The van der Waals surface area contributed by atoms with E-state index in [0.29, 0.717) is 0 Å². The van der Waals surface area contributed by atoms with E-state index in [9.17, 15) is 0 Å². The highest BCUT2D eigenvalue weighted by atomic mass is 32.1. The van der Waals surface area contributed by atoms with Crippen LogP contribution in [0.4, 0.5) is 0 Å². The number of aryl methyl sites for hydroxylation is 2. The van der Waals surface area contributed by atoms with Gasteiger partial charge in [0.1, 0.15) is 0 Å². The molecule has 0 radical (unpaired) electrons. The van der Waals surface area contributed by atoms with Gasteiger partial charge in [-0.1, -0.05) is 6.92 Å². The highest BCUT2D eigenvalue weighted by Crippen LogP contribution is 2.16. The summed E-state index contributed by atoms with van der Waals surface area (Å²) in [7, 11) is 1.80. The fourth-order valence-corrected chi connectivity index (χ4v) is 2.88. The molecule has 2 aromatic heterocycles. The summed E-state index contributed by atoms with van der Waals surface area (Å²) in [6.45, 7) is 4.87. The first-order valence-electron chi connectivity index (χ1n) is 7.29. The summed E-state index contributed by atoms with van der Waals surface area (Å²) in [5.74, 6) is 0.854. The molecular formula is C15H23N5S. The van der Waals surface area contributed by atoms with E-state index >= 15 is 0 Å². The van der Waals surface area contributed by atoms with Crippen molar-refractivity contribution in [3.8, 4) is 0 Å². The molecule has 0 amide bonds. The Morgan fingerprint density at radius 3 is 2.86 bits per heavy atom. The monoisotopic (exact) mass is 305 g/mol. The summed E-state index contributed by atoms with van der Waals surface area (Å²) in [6.07, 6.45) is 7.77. The Bertz CT molecular complexity index is 544. The van der Waals surface area contributed by atoms with Gasteiger partial charge in [0, 0.05) is 42.3 Å². The number of hydrogen-bond acceptors (Lipinski definition) is 3. The molecule has 0 saturated carbocycles. The molecule has 0 aliphatic heterocycles. The van der Waals surface area contributed by atoms with Crippen molar-refractivity contribution < 1.29 is 0 Å². The minimum atomic E-state index is 0.825. The maximum atomic E-state index is 4.24. The van der Waals surface area contributed by atoms with Gasteiger partial charge in [-0.3, -0.25) is 4.99 Å². The lowest BCUT2D eigenvalue weighted by atomic mass is 10.3. The Hall–Kier alpha value is -1.82. The van der Waals surface area contributed by atoms with Crippen LogP contribution in [0.25, 0.3) is 0 Å². The van der Waals surface area contributed by atoms with E-state index in [1.54, 1.807) is 13.2 Å². The van der Waals surface area contributed by atoms with E-state index < -0.39 is 0 Å². The summed E-state index contributed by atoms with van der Waals surface area (Å²) >= 11 is 1.86. The molecule has 114 valence electrons. The van der Waals surface area contributed by atoms with Crippen LogP contribution in [0.3, 0.4) is 0 Å². The Balaban J connectivity index is 1.66. The van der Waals surface area contributed by atoms with E-state index in [1.807, 2.05) is 23.9 Å². The molecule has 5 nitrogen and oxygen atoms in total. The first-order valence-corrected chi connectivity index (χ1v) is 8.11. The third-order valence-electron chi connectivity index (χ3n) is 3.16. The first-order chi connectivity index (χ1) is 10.3. The van der Waals surface area contributed by atoms with E-state index in [2.05, 4.69) is 44.2 Å². The van der Waals surface area contributed by atoms with Crippen LogP contribution in [0.15, 0.2) is 35.8 Å². The summed E-state index contributed by atoms with van der Waals surface area (Å²) in [5.41, 5.74) is 0. The van der Waals surface area contributed by atoms with Crippen molar-refractivity contribution in [2.45, 2.75) is 32.9 Å². The zero-order chi connectivity index (χ0) is 14.9.